The maximum absolute atomic E-state index is 5.50. The molecule has 0 aromatic carbocycles. The third-order valence-corrected chi connectivity index (χ3v) is 3.96. The van der Waals surface area contributed by atoms with E-state index in [1.54, 1.807) is 0 Å². The van der Waals surface area contributed by atoms with Crippen LogP contribution in [0.1, 0.15) is 57.8 Å². The molecule has 2 rings (SSSR count). The summed E-state index contributed by atoms with van der Waals surface area (Å²) in [4.78, 5) is 7.07. The van der Waals surface area contributed by atoms with Gasteiger partial charge in [0.1, 0.15) is 0 Å². The maximum atomic E-state index is 5.50. The lowest BCUT2D eigenvalue weighted by atomic mass is 10.0. The number of hydrogen-bond acceptors (Lipinski definition) is 5. The van der Waals surface area contributed by atoms with E-state index in [0.717, 1.165) is 31.1 Å². The largest absolute Gasteiger partial charge is 0.338 e. The Morgan fingerprint density at radius 2 is 2.16 bits per heavy atom. The van der Waals surface area contributed by atoms with Crippen LogP contribution in [0.5, 0.6) is 0 Å². The lowest BCUT2D eigenvalue weighted by Gasteiger charge is -2.36. The fourth-order valence-corrected chi connectivity index (χ4v) is 2.70. The molecule has 108 valence electrons. The summed E-state index contributed by atoms with van der Waals surface area (Å²) in [5, 5.41) is 7.32. The molecule has 1 N–H and O–H groups in total. The molecule has 5 heteroatoms. The molecule has 2 atom stereocenters. The molecule has 1 fully saturated rings. The molecule has 0 spiro atoms. The predicted molar refractivity (Wildman–Crippen MR) is 75.0 cm³/mol. The topological polar surface area (TPSA) is 54.2 Å². The molecule has 1 aromatic rings. The van der Waals surface area contributed by atoms with Crippen LogP contribution < -0.4 is 5.32 Å². The molecule has 1 aliphatic rings. The van der Waals surface area contributed by atoms with Crippen molar-refractivity contribution in [3.63, 3.8) is 0 Å². The quantitative estimate of drug-likeness (QED) is 0.885. The Bertz CT molecular complexity index is 391. The number of hydrogen-bond donors (Lipinski definition) is 1. The van der Waals surface area contributed by atoms with Crippen LogP contribution in [-0.4, -0.2) is 40.7 Å². The second-order valence-corrected chi connectivity index (χ2v) is 5.79. The molecule has 1 saturated heterocycles. The van der Waals surface area contributed by atoms with E-state index in [4.69, 9.17) is 4.52 Å². The van der Waals surface area contributed by atoms with Gasteiger partial charge in [-0.25, -0.2) is 0 Å². The Hall–Kier alpha value is -0.940. The molecule has 19 heavy (non-hydrogen) atoms. The van der Waals surface area contributed by atoms with Crippen molar-refractivity contribution in [2.45, 2.75) is 64.6 Å². The molecule has 5 nitrogen and oxygen atoms in total. The van der Waals surface area contributed by atoms with E-state index < -0.39 is 0 Å². The van der Waals surface area contributed by atoms with Gasteiger partial charge in [-0.05, 0) is 47.2 Å². The Balaban J connectivity index is 2.07. The zero-order valence-corrected chi connectivity index (χ0v) is 12.5. The van der Waals surface area contributed by atoms with Crippen molar-refractivity contribution in [3.05, 3.63) is 11.7 Å². The van der Waals surface area contributed by atoms with Crippen molar-refractivity contribution in [3.8, 4) is 0 Å². The SMILES string of the molecule is CNC(C)Cc1noc(C2CCCCN2C(C)C)n1. The van der Waals surface area contributed by atoms with Crippen LogP contribution in [0.2, 0.25) is 0 Å². The number of piperidine rings is 1. The summed E-state index contributed by atoms with van der Waals surface area (Å²) in [5.74, 6) is 1.61. The number of aromatic nitrogens is 2. The van der Waals surface area contributed by atoms with Gasteiger partial charge >= 0.3 is 0 Å². The molecule has 0 saturated carbocycles. The third kappa shape index (κ3) is 3.54. The number of rotatable bonds is 5. The summed E-state index contributed by atoms with van der Waals surface area (Å²) >= 11 is 0. The highest BCUT2D eigenvalue weighted by molar-refractivity contribution is 4.97. The molecule has 2 heterocycles. The van der Waals surface area contributed by atoms with Gasteiger partial charge in [0.15, 0.2) is 5.82 Å². The van der Waals surface area contributed by atoms with E-state index in [9.17, 15) is 0 Å². The van der Waals surface area contributed by atoms with Crippen LogP contribution in [0.3, 0.4) is 0 Å². The van der Waals surface area contributed by atoms with Crippen LogP contribution in [0.25, 0.3) is 0 Å². The first-order valence-corrected chi connectivity index (χ1v) is 7.37. The summed E-state index contributed by atoms with van der Waals surface area (Å²) in [6.07, 6.45) is 4.46. The minimum Gasteiger partial charge on any atom is -0.338 e. The van der Waals surface area contributed by atoms with Crippen molar-refractivity contribution in [2.75, 3.05) is 13.6 Å². The van der Waals surface area contributed by atoms with Crippen LogP contribution >= 0.6 is 0 Å². The minimum absolute atomic E-state index is 0.305. The number of nitrogens with zero attached hydrogens (tertiary/aromatic N) is 3. The average molecular weight is 266 g/mol. The van der Waals surface area contributed by atoms with Crippen LogP contribution in [0.4, 0.5) is 0 Å². The Labute approximate surface area is 115 Å². The highest BCUT2D eigenvalue weighted by Crippen LogP contribution is 2.31. The zero-order valence-electron chi connectivity index (χ0n) is 12.5. The van der Waals surface area contributed by atoms with Crippen molar-refractivity contribution in [2.24, 2.45) is 0 Å². The summed E-state index contributed by atoms with van der Waals surface area (Å²) in [5.41, 5.74) is 0. The molecular weight excluding hydrogens is 240 g/mol. The van der Waals surface area contributed by atoms with Crippen molar-refractivity contribution in [1.29, 1.82) is 0 Å². The molecule has 1 aromatic heterocycles. The predicted octanol–water partition coefficient (Wildman–Crippen LogP) is 2.16. The normalized spacial score (nSPS) is 22.9. The second-order valence-electron chi connectivity index (χ2n) is 5.79. The molecule has 0 amide bonds. The van der Waals surface area contributed by atoms with Crippen molar-refractivity contribution in [1.82, 2.24) is 20.4 Å². The van der Waals surface area contributed by atoms with Gasteiger partial charge in [0, 0.05) is 18.5 Å². The van der Waals surface area contributed by atoms with E-state index in [1.165, 1.54) is 12.8 Å². The van der Waals surface area contributed by atoms with Crippen LogP contribution in [-0.2, 0) is 6.42 Å². The van der Waals surface area contributed by atoms with Gasteiger partial charge in [-0.2, -0.15) is 4.98 Å². The zero-order chi connectivity index (χ0) is 13.8. The second kappa shape index (κ2) is 6.48. The number of nitrogens with one attached hydrogen (secondary N) is 1. The Kier molecular flexibility index (Phi) is 4.93. The van der Waals surface area contributed by atoms with Crippen molar-refractivity contribution >= 4 is 0 Å². The molecule has 2 unspecified atom stereocenters. The van der Waals surface area contributed by atoms with Gasteiger partial charge in [0.25, 0.3) is 0 Å². The van der Waals surface area contributed by atoms with Gasteiger partial charge < -0.3 is 9.84 Å². The summed E-state index contributed by atoms with van der Waals surface area (Å²) in [6, 6.07) is 1.20. The first-order valence-electron chi connectivity index (χ1n) is 7.37. The van der Waals surface area contributed by atoms with Gasteiger partial charge in [-0.3, -0.25) is 4.90 Å². The van der Waals surface area contributed by atoms with E-state index in [1.807, 2.05) is 7.05 Å². The third-order valence-electron chi connectivity index (χ3n) is 3.96. The fraction of sp³-hybridized carbons (Fsp3) is 0.857. The Morgan fingerprint density at radius 3 is 2.84 bits per heavy atom. The molecule has 1 aliphatic heterocycles. The number of likely N-dealkylation sites (N-methyl/N-ethyl adjacent to an activating group) is 1. The van der Waals surface area contributed by atoms with Gasteiger partial charge in [-0.15, -0.1) is 0 Å². The smallest absolute Gasteiger partial charge is 0.244 e. The highest BCUT2D eigenvalue weighted by atomic mass is 16.5. The molecule has 0 aliphatic carbocycles. The molecular formula is C14H26N4O. The molecule has 0 radical (unpaired) electrons. The first-order chi connectivity index (χ1) is 9.11. The lowest BCUT2D eigenvalue weighted by Crippen LogP contribution is -2.38. The van der Waals surface area contributed by atoms with Crippen LogP contribution in [0, 0.1) is 0 Å². The highest BCUT2D eigenvalue weighted by Gasteiger charge is 2.30. The summed E-state index contributed by atoms with van der Waals surface area (Å²) in [7, 11) is 1.95. The molecule has 0 bridgehead atoms. The number of likely N-dealkylation sites (tertiary alicyclic amines) is 1. The summed E-state index contributed by atoms with van der Waals surface area (Å²) in [6.45, 7) is 7.72. The average Bonchev–Trinajstić information content (AvgIpc) is 2.86. The standard InChI is InChI=1S/C14H26N4O/c1-10(2)18-8-6-5-7-12(18)14-16-13(17-19-14)9-11(3)15-4/h10-12,15H,5-9H2,1-4H3. The minimum atomic E-state index is 0.305. The van der Waals surface area contributed by atoms with E-state index in [-0.39, 0.29) is 0 Å². The lowest BCUT2D eigenvalue weighted by molar-refractivity contribution is 0.0875. The van der Waals surface area contributed by atoms with Gasteiger partial charge in [0.2, 0.25) is 5.89 Å². The van der Waals surface area contributed by atoms with Crippen LogP contribution in [0.15, 0.2) is 4.52 Å². The monoisotopic (exact) mass is 266 g/mol. The first kappa shape index (κ1) is 14.5. The van der Waals surface area contributed by atoms with E-state index >= 15 is 0 Å². The Morgan fingerprint density at radius 1 is 1.37 bits per heavy atom. The van der Waals surface area contributed by atoms with Crippen molar-refractivity contribution < 1.29 is 4.52 Å². The maximum Gasteiger partial charge on any atom is 0.244 e. The van der Waals surface area contributed by atoms with Gasteiger partial charge in [-0.1, -0.05) is 11.6 Å². The summed E-state index contributed by atoms with van der Waals surface area (Å²) < 4.78 is 5.50. The van der Waals surface area contributed by atoms with Gasteiger partial charge in [0.05, 0.1) is 6.04 Å². The van der Waals surface area contributed by atoms with E-state index in [0.29, 0.717) is 18.1 Å². The van der Waals surface area contributed by atoms with E-state index in [2.05, 4.69) is 41.1 Å². The fourth-order valence-electron chi connectivity index (χ4n) is 2.70.